The van der Waals surface area contributed by atoms with Crippen LogP contribution in [0.5, 0.6) is 0 Å². The van der Waals surface area contributed by atoms with Gasteiger partial charge in [0.1, 0.15) is 5.84 Å². The van der Waals surface area contributed by atoms with Crippen LogP contribution in [-0.4, -0.2) is 44.0 Å². The summed E-state index contributed by atoms with van der Waals surface area (Å²) in [5.74, 6) is 0.807. The van der Waals surface area contributed by atoms with E-state index in [1.165, 1.54) is 11.1 Å². The third-order valence-corrected chi connectivity index (χ3v) is 5.22. The van der Waals surface area contributed by atoms with Gasteiger partial charge >= 0.3 is 0 Å². The molecule has 4 nitrogen and oxygen atoms in total. The van der Waals surface area contributed by atoms with E-state index in [0.29, 0.717) is 11.7 Å². The summed E-state index contributed by atoms with van der Waals surface area (Å²) in [6.07, 6.45) is 3.81. The fourth-order valence-electron chi connectivity index (χ4n) is 3.63. The molecule has 0 radical (unpaired) electrons. The Morgan fingerprint density at radius 1 is 1.18 bits per heavy atom. The maximum absolute atomic E-state index is 6.51. The summed E-state index contributed by atoms with van der Waals surface area (Å²) in [6.45, 7) is 6.08. The SMILES string of the molecule is C=CC(C(=NC)NC1CCN(C)C1)=C(N)c1ccc(Cc2ccccc2)cc1. The molecule has 0 amide bonds. The van der Waals surface area contributed by atoms with Crippen LogP contribution in [0.3, 0.4) is 0 Å². The number of amidine groups is 1. The summed E-state index contributed by atoms with van der Waals surface area (Å²) in [6, 6.07) is 19.3. The fraction of sp³-hybridized carbons (Fsp3) is 0.292. The van der Waals surface area contributed by atoms with Crippen molar-refractivity contribution < 1.29 is 0 Å². The lowest BCUT2D eigenvalue weighted by Gasteiger charge is -2.18. The number of nitrogens with two attached hydrogens (primary N) is 1. The van der Waals surface area contributed by atoms with Crippen molar-refractivity contribution in [1.29, 1.82) is 0 Å². The Morgan fingerprint density at radius 2 is 1.86 bits per heavy atom. The van der Waals surface area contributed by atoms with Crippen molar-refractivity contribution >= 4 is 11.5 Å². The van der Waals surface area contributed by atoms with Gasteiger partial charge in [0, 0.05) is 30.9 Å². The zero-order valence-electron chi connectivity index (χ0n) is 16.9. The predicted octanol–water partition coefficient (Wildman–Crippen LogP) is 3.46. The molecular formula is C24H30N4. The van der Waals surface area contributed by atoms with Crippen molar-refractivity contribution in [3.05, 3.63) is 89.5 Å². The minimum Gasteiger partial charge on any atom is -0.398 e. The molecular weight excluding hydrogens is 344 g/mol. The normalized spacial score (nSPS) is 18.6. The molecule has 28 heavy (non-hydrogen) atoms. The molecule has 3 N–H and O–H groups in total. The van der Waals surface area contributed by atoms with E-state index in [0.717, 1.165) is 42.9 Å². The van der Waals surface area contributed by atoms with Gasteiger partial charge in [-0.05, 0) is 43.1 Å². The summed E-state index contributed by atoms with van der Waals surface area (Å²) in [4.78, 5) is 6.76. The van der Waals surface area contributed by atoms with Crippen LogP contribution in [0.15, 0.2) is 77.8 Å². The van der Waals surface area contributed by atoms with Crippen LogP contribution in [0.4, 0.5) is 0 Å². The smallest absolute Gasteiger partial charge is 0.130 e. The van der Waals surface area contributed by atoms with Gasteiger partial charge in [-0.15, -0.1) is 0 Å². The molecule has 0 spiro atoms. The van der Waals surface area contributed by atoms with E-state index in [9.17, 15) is 0 Å². The van der Waals surface area contributed by atoms with E-state index in [-0.39, 0.29) is 0 Å². The number of benzene rings is 2. The van der Waals surface area contributed by atoms with E-state index in [1.807, 2.05) is 6.07 Å². The molecule has 2 aromatic rings. The van der Waals surface area contributed by atoms with Gasteiger partial charge in [-0.1, -0.05) is 67.3 Å². The average Bonchev–Trinajstić information content (AvgIpc) is 3.13. The summed E-state index contributed by atoms with van der Waals surface area (Å²) >= 11 is 0. The number of aliphatic imine (C=N–C) groups is 1. The van der Waals surface area contributed by atoms with Gasteiger partial charge in [-0.2, -0.15) is 0 Å². The summed E-state index contributed by atoms with van der Waals surface area (Å²) in [5.41, 5.74) is 11.6. The molecule has 3 rings (SSSR count). The van der Waals surface area contributed by atoms with Crippen LogP contribution >= 0.6 is 0 Å². The first-order valence-electron chi connectivity index (χ1n) is 9.78. The minimum absolute atomic E-state index is 0.389. The molecule has 1 atom stereocenters. The lowest BCUT2D eigenvalue weighted by molar-refractivity contribution is 0.407. The molecule has 0 saturated carbocycles. The molecule has 1 fully saturated rings. The molecule has 1 unspecified atom stereocenters. The Hall–Kier alpha value is -2.85. The number of rotatable bonds is 6. The summed E-state index contributed by atoms with van der Waals surface area (Å²) in [7, 11) is 3.93. The molecule has 0 aromatic heterocycles. The van der Waals surface area contributed by atoms with Gasteiger partial charge in [0.2, 0.25) is 0 Å². The van der Waals surface area contributed by atoms with E-state index in [2.05, 4.69) is 77.4 Å². The number of hydrogen-bond acceptors (Lipinski definition) is 3. The fourth-order valence-corrected chi connectivity index (χ4v) is 3.63. The number of likely N-dealkylation sites (N-methyl/N-ethyl adjacent to an activating group) is 1. The molecule has 4 heteroatoms. The average molecular weight is 375 g/mol. The molecule has 1 heterocycles. The largest absolute Gasteiger partial charge is 0.398 e. The highest BCUT2D eigenvalue weighted by Crippen LogP contribution is 2.19. The highest BCUT2D eigenvalue weighted by atomic mass is 15.2. The maximum Gasteiger partial charge on any atom is 0.130 e. The van der Waals surface area contributed by atoms with Crippen molar-refractivity contribution in [2.24, 2.45) is 10.7 Å². The van der Waals surface area contributed by atoms with Gasteiger partial charge < -0.3 is 16.0 Å². The first-order valence-corrected chi connectivity index (χ1v) is 9.78. The van der Waals surface area contributed by atoms with Gasteiger partial charge in [0.15, 0.2) is 0 Å². The summed E-state index contributed by atoms with van der Waals surface area (Å²) < 4.78 is 0. The Kier molecular flexibility index (Phi) is 6.66. The van der Waals surface area contributed by atoms with Gasteiger partial charge in [-0.25, -0.2) is 0 Å². The lowest BCUT2D eigenvalue weighted by atomic mass is 10.0. The molecule has 2 aromatic carbocycles. The van der Waals surface area contributed by atoms with Crippen LogP contribution in [0.1, 0.15) is 23.1 Å². The van der Waals surface area contributed by atoms with Crippen LogP contribution in [-0.2, 0) is 6.42 Å². The second-order valence-electron chi connectivity index (χ2n) is 7.36. The Bertz CT molecular complexity index is 850. The van der Waals surface area contributed by atoms with Gasteiger partial charge in [0.25, 0.3) is 0 Å². The van der Waals surface area contributed by atoms with Crippen LogP contribution in [0.2, 0.25) is 0 Å². The number of nitrogens with one attached hydrogen (secondary N) is 1. The van der Waals surface area contributed by atoms with Crippen molar-refractivity contribution in [2.75, 3.05) is 27.2 Å². The standard InChI is InChI=1S/C24H30N4/c1-4-22(24(26-2)27-21-14-15-28(3)17-21)23(25)20-12-10-19(11-13-20)16-18-8-6-5-7-9-18/h4-13,21H,1,14-17,25H2,2-3H3,(H,26,27). The van der Waals surface area contributed by atoms with Crippen molar-refractivity contribution in [3.8, 4) is 0 Å². The summed E-state index contributed by atoms with van der Waals surface area (Å²) in [5, 5.41) is 3.54. The van der Waals surface area contributed by atoms with Crippen molar-refractivity contribution in [1.82, 2.24) is 10.2 Å². The number of likely N-dealkylation sites (tertiary alicyclic amines) is 1. The Balaban J connectivity index is 1.77. The van der Waals surface area contributed by atoms with E-state index >= 15 is 0 Å². The first kappa shape index (κ1) is 19.9. The van der Waals surface area contributed by atoms with Crippen LogP contribution in [0.25, 0.3) is 5.70 Å². The van der Waals surface area contributed by atoms with Gasteiger partial charge in [0.05, 0.1) is 0 Å². The monoisotopic (exact) mass is 374 g/mol. The molecule has 0 bridgehead atoms. The van der Waals surface area contributed by atoms with Crippen LogP contribution < -0.4 is 11.1 Å². The molecule has 1 aliphatic rings. The predicted molar refractivity (Wildman–Crippen MR) is 119 cm³/mol. The topological polar surface area (TPSA) is 53.7 Å². The molecule has 0 aliphatic carbocycles. The second-order valence-corrected chi connectivity index (χ2v) is 7.36. The highest BCUT2D eigenvalue weighted by molar-refractivity contribution is 6.06. The third kappa shape index (κ3) is 4.90. The Morgan fingerprint density at radius 3 is 2.43 bits per heavy atom. The highest BCUT2D eigenvalue weighted by Gasteiger charge is 2.21. The van der Waals surface area contributed by atoms with Crippen LogP contribution in [0, 0.1) is 0 Å². The quantitative estimate of drug-likeness (QED) is 0.463. The number of hydrogen-bond donors (Lipinski definition) is 2. The van der Waals surface area contributed by atoms with E-state index in [4.69, 9.17) is 5.73 Å². The number of nitrogens with zero attached hydrogens (tertiary/aromatic N) is 2. The molecule has 1 saturated heterocycles. The zero-order valence-corrected chi connectivity index (χ0v) is 16.9. The van der Waals surface area contributed by atoms with E-state index < -0.39 is 0 Å². The minimum atomic E-state index is 0.389. The molecule has 146 valence electrons. The first-order chi connectivity index (χ1) is 13.6. The second kappa shape index (κ2) is 9.38. The van der Waals surface area contributed by atoms with E-state index in [1.54, 1.807) is 13.1 Å². The Labute approximate surface area is 168 Å². The van der Waals surface area contributed by atoms with Crippen molar-refractivity contribution in [2.45, 2.75) is 18.9 Å². The van der Waals surface area contributed by atoms with Crippen molar-refractivity contribution in [3.63, 3.8) is 0 Å². The van der Waals surface area contributed by atoms with Gasteiger partial charge in [-0.3, -0.25) is 4.99 Å². The lowest BCUT2D eigenvalue weighted by Crippen LogP contribution is -2.37. The maximum atomic E-state index is 6.51. The molecule has 1 aliphatic heterocycles. The third-order valence-electron chi connectivity index (χ3n) is 5.22. The zero-order chi connectivity index (χ0) is 19.9.